The van der Waals surface area contributed by atoms with E-state index < -0.39 is 0 Å². The fourth-order valence-corrected chi connectivity index (χ4v) is 2.31. The van der Waals surface area contributed by atoms with E-state index in [-0.39, 0.29) is 24.6 Å². The minimum absolute atomic E-state index is 0.00548. The molecule has 7 nitrogen and oxygen atoms in total. The van der Waals surface area contributed by atoms with E-state index in [1.807, 2.05) is 25.1 Å². The van der Waals surface area contributed by atoms with Gasteiger partial charge in [-0.3, -0.25) is 4.79 Å². The number of ether oxygens (including phenoxy) is 2. The van der Waals surface area contributed by atoms with E-state index in [1.54, 1.807) is 25.1 Å². The van der Waals surface area contributed by atoms with Gasteiger partial charge in [-0.2, -0.15) is 0 Å². The molecular weight excluding hydrogens is 310 g/mol. The lowest BCUT2D eigenvalue weighted by molar-refractivity contribution is -0.130. The Morgan fingerprint density at radius 2 is 2.21 bits per heavy atom. The van der Waals surface area contributed by atoms with E-state index in [4.69, 9.17) is 9.47 Å². The van der Waals surface area contributed by atoms with Crippen molar-refractivity contribution in [2.75, 3.05) is 40.4 Å². The quantitative estimate of drug-likeness (QED) is 0.874. The smallest absolute Gasteiger partial charge is 0.317 e. The lowest BCUT2D eigenvalue weighted by Gasteiger charge is -2.31. The Balaban J connectivity index is 1.83. The second-order valence-electron chi connectivity index (χ2n) is 6.01. The first-order valence-corrected chi connectivity index (χ1v) is 8.02. The number of carbonyl (C=O) groups is 2. The number of morpholine rings is 1. The van der Waals surface area contributed by atoms with E-state index in [2.05, 4.69) is 5.32 Å². The van der Waals surface area contributed by atoms with Crippen LogP contribution in [-0.2, 0) is 16.1 Å². The van der Waals surface area contributed by atoms with Gasteiger partial charge < -0.3 is 24.6 Å². The Morgan fingerprint density at radius 1 is 1.42 bits per heavy atom. The van der Waals surface area contributed by atoms with E-state index in [1.165, 1.54) is 4.90 Å². The number of carbonyl (C=O) groups excluding carboxylic acids is 2. The third-order valence-corrected chi connectivity index (χ3v) is 3.73. The average Bonchev–Trinajstić information content (AvgIpc) is 2.57. The van der Waals surface area contributed by atoms with Crippen molar-refractivity contribution >= 4 is 11.9 Å². The number of hydrogen-bond acceptors (Lipinski definition) is 4. The number of urea groups is 1. The van der Waals surface area contributed by atoms with Crippen LogP contribution in [0.4, 0.5) is 4.79 Å². The summed E-state index contributed by atoms with van der Waals surface area (Å²) in [6.07, 6.45) is 0.0652. The molecule has 1 heterocycles. The molecule has 0 spiro atoms. The molecule has 0 bridgehead atoms. The molecule has 3 amide bonds. The molecule has 1 saturated heterocycles. The summed E-state index contributed by atoms with van der Waals surface area (Å²) in [5, 5.41) is 2.90. The van der Waals surface area contributed by atoms with Gasteiger partial charge in [0.1, 0.15) is 5.75 Å². The normalized spacial score (nSPS) is 17.3. The SMILES string of the molecule is CC1CN(C(=O)NCc2cccc(OCC(=O)N(C)C)c2)CCO1. The van der Waals surface area contributed by atoms with Gasteiger partial charge in [0.15, 0.2) is 6.61 Å². The molecule has 24 heavy (non-hydrogen) atoms. The monoisotopic (exact) mass is 335 g/mol. The third-order valence-electron chi connectivity index (χ3n) is 3.73. The molecular formula is C17H25N3O4. The van der Waals surface area contributed by atoms with Crippen LogP contribution in [0.2, 0.25) is 0 Å². The fraction of sp³-hybridized carbons (Fsp3) is 0.529. The van der Waals surface area contributed by atoms with Crippen molar-refractivity contribution in [2.24, 2.45) is 0 Å². The van der Waals surface area contributed by atoms with Crippen molar-refractivity contribution in [2.45, 2.75) is 19.6 Å². The van der Waals surface area contributed by atoms with Gasteiger partial charge in [-0.05, 0) is 24.6 Å². The predicted octanol–water partition coefficient (Wildman–Crippen LogP) is 1.08. The fourth-order valence-electron chi connectivity index (χ4n) is 2.31. The third kappa shape index (κ3) is 5.42. The van der Waals surface area contributed by atoms with E-state index in [9.17, 15) is 9.59 Å². The van der Waals surface area contributed by atoms with E-state index in [0.29, 0.717) is 32.0 Å². The molecule has 0 aromatic heterocycles. The summed E-state index contributed by atoms with van der Waals surface area (Å²) in [5.41, 5.74) is 0.916. The topological polar surface area (TPSA) is 71.1 Å². The van der Waals surface area contributed by atoms with Crippen LogP contribution in [-0.4, -0.2) is 68.2 Å². The Kier molecular flexibility index (Phi) is 6.43. The second-order valence-corrected chi connectivity index (χ2v) is 6.01. The van der Waals surface area contributed by atoms with Crippen LogP contribution in [0.25, 0.3) is 0 Å². The molecule has 0 radical (unpaired) electrons. The predicted molar refractivity (Wildman–Crippen MR) is 89.9 cm³/mol. The van der Waals surface area contributed by atoms with Gasteiger partial charge in [0.05, 0.1) is 12.7 Å². The molecule has 132 valence electrons. The first-order chi connectivity index (χ1) is 11.5. The number of amides is 3. The molecule has 1 aromatic carbocycles. The highest BCUT2D eigenvalue weighted by atomic mass is 16.5. The van der Waals surface area contributed by atoms with Crippen molar-refractivity contribution in [3.8, 4) is 5.75 Å². The molecule has 1 aromatic rings. The highest BCUT2D eigenvalue weighted by molar-refractivity contribution is 5.77. The number of rotatable bonds is 5. The van der Waals surface area contributed by atoms with Crippen LogP contribution < -0.4 is 10.1 Å². The maximum Gasteiger partial charge on any atom is 0.317 e. The summed E-state index contributed by atoms with van der Waals surface area (Å²) in [4.78, 5) is 26.9. The summed E-state index contributed by atoms with van der Waals surface area (Å²) in [5.74, 6) is 0.507. The number of nitrogens with one attached hydrogen (secondary N) is 1. The van der Waals surface area contributed by atoms with Gasteiger partial charge in [-0.25, -0.2) is 4.79 Å². The van der Waals surface area contributed by atoms with Crippen LogP contribution in [0.1, 0.15) is 12.5 Å². The van der Waals surface area contributed by atoms with Gasteiger partial charge in [0, 0.05) is 33.7 Å². The molecule has 0 aliphatic carbocycles. The summed E-state index contributed by atoms with van der Waals surface area (Å²) in [6.45, 7) is 4.12. The van der Waals surface area contributed by atoms with Crippen molar-refractivity contribution in [1.82, 2.24) is 15.1 Å². The summed E-state index contributed by atoms with van der Waals surface area (Å²) in [6, 6.07) is 7.26. The molecule has 0 saturated carbocycles. The zero-order chi connectivity index (χ0) is 17.5. The Morgan fingerprint density at radius 3 is 2.92 bits per heavy atom. The second kappa shape index (κ2) is 8.54. The van der Waals surface area contributed by atoms with Crippen LogP contribution in [0.15, 0.2) is 24.3 Å². The number of benzene rings is 1. The van der Waals surface area contributed by atoms with Crippen LogP contribution >= 0.6 is 0 Å². The Bertz CT molecular complexity index is 577. The minimum atomic E-state index is -0.102. The Hall–Kier alpha value is -2.28. The van der Waals surface area contributed by atoms with E-state index >= 15 is 0 Å². The number of nitrogens with zero attached hydrogens (tertiary/aromatic N) is 2. The highest BCUT2D eigenvalue weighted by Gasteiger charge is 2.20. The molecule has 1 fully saturated rings. The van der Waals surface area contributed by atoms with Gasteiger partial charge in [0.2, 0.25) is 0 Å². The van der Waals surface area contributed by atoms with Gasteiger partial charge in [-0.1, -0.05) is 12.1 Å². The molecule has 1 unspecified atom stereocenters. The molecule has 1 aliphatic heterocycles. The van der Waals surface area contributed by atoms with Crippen molar-refractivity contribution in [3.05, 3.63) is 29.8 Å². The van der Waals surface area contributed by atoms with E-state index in [0.717, 1.165) is 5.56 Å². The first kappa shape index (κ1) is 18.1. The lowest BCUT2D eigenvalue weighted by atomic mass is 10.2. The zero-order valence-electron chi connectivity index (χ0n) is 14.4. The summed E-state index contributed by atoms with van der Waals surface area (Å²) in [7, 11) is 3.37. The standard InChI is InChI=1S/C17H25N3O4/c1-13-11-20(7-8-23-13)17(22)18-10-14-5-4-6-15(9-14)24-12-16(21)19(2)3/h4-6,9,13H,7-8,10-12H2,1-3H3,(H,18,22). The Labute approximate surface area is 142 Å². The summed E-state index contributed by atoms with van der Waals surface area (Å²) < 4.78 is 10.9. The minimum Gasteiger partial charge on any atom is -0.484 e. The highest BCUT2D eigenvalue weighted by Crippen LogP contribution is 2.13. The largest absolute Gasteiger partial charge is 0.484 e. The van der Waals surface area contributed by atoms with Crippen molar-refractivity contribution < 1.29 is 19.1 Å². The first-order valence-electron chi connectivity index (χ1n) is 8.02. The van der Waals surface area contributed by atoms with Gasteiger partial charge >= 0.3 is 6.03 Å². The van der Waals surface area contributed by atoms with Crippen LogP contribution in [0, 0.1) is 0 Å². The van der Waals surface area contributed by atoms with Crippen molar-refractivity contribution in [3.63, 3.8) is 0 Å². The van der Waals surface area contributed by atoms with Gasteiger partial charge in [-0.15, -0.1) is 0 Å². The van der Waals surface area contributed by atoms with Crippen LogP contribution in [0.3, 0.4) is 0 Å². The lowest BCUT2D eigenvalue weighted by Crippen LogP contribution is -2.48. The van der Waals surface area contributed by atoms with Crippen molar-refractivity contribution in [1.29, 1.82) is 0 Å². The molecule has 1 atom stereocenters. The molecule has 2 rings (SSSR count). The molecule has 1 N–H and O–H groups in total. The van der Waals surface area contributed by atoms with Crippen LogP contribution in [0.5, 0.6) is 5.75 Å². The molecule has 7 heteroatoms. The average molecular weight is 335 g/mol. The molecule has 1 aliphatic rings. The maximum atomic E-state index is 12.2. The maximum absolute atomic E-state index is 12.2. The summed E-state index contributed by atoms with van der Waals surface area (Å²) >= 11 is 0. The number of hydrogen-bond donors (Lipinski definition) is 1. The number of likely N-dealkylation sites (N-methyl/N-ethyl adjacent to an activating group) is 1. The zero-order valence-corrected chi connectivity index (χ0v) is 14.4. The van der Waals surface area contributed by atoms with Gasteiger partial charge in [0.25, 0.3) is 5.91 Å².